The summed E-state index contributed by atoms with van der Waals surface area (Å²) < 4.78 is 5.57. The molecular weight excluding hydrogens is 202 g/mol. The molecule has 0 saturated heterocycles. The van der Waals surface area contributed by atoms with Crippen LogP contribution in [0.25, 0.3) is 11.1 Å². The molecule has 4 heteroatoms. The molecule has 1 fully saturated rings. The van der Waals surface area contributed by atoms with Crippen molar-refractivity contribution in [3.8, 4) is 0 Å². The van der Waals surface area contributed by atoms with Gasteiger partial charge in [0.05, 0.1) is 5.69 Å². The maximum Gasteiger partial charge on any atom is 0.295 e. The molecule has 16 heavy (non-hydrogen) atoms. The number of nitrogens with one attached hydrogen (secondary N) is 1. The third-order valence-corrected chi connectivity index (χ3v) is 3.22. The number of nitrogens with zero attached hydrogens (tertiary/aromatic N) is 1. The zero-order chi connectivity index (χ0) is 11.0. The average molecular weight is 217 g/mol. The lowest BCUT2D eigenvalue weighted by atomic mass is 9.85. The van der Waals surface area contributed by atoms with E-state index in [1.165, 1.54) is 19.3 Å². The van der Waals surface area contributed by atoms with Crippen molar-refractivity contribution in [2.45, 2.75) is 19.3 Å². The molecule has 1 aromatic carbocycles. The Morgan fingerprint density at radius 2 is 2.31 bits per heavy atom. The highest BCUT2D eigenvalue weighted by atomic mass is 16.4. The van der Waals surface area contributed by atoms with Crippen molar-refractivity contribution in [2.75, 3.05) is 17.6 Å². The van der Waals surface area contributed by atoms with Gasteiger partial charge < -0.3 is 15.5 Å². The number of benzene rings is 1. The number of hydrogen-bond donors (Lipinski definition) is 2. The van der Waals surface area contributed by atoms with Crippen LogP contribution >= 0.6 is 0 Å². The molecule has 1 heterocycles. The number of anilines is 2. The summed E-state index contributed by atoms with van der Waals surface area (Å²) in [7, 11) is 0. The highest BCUT2D eigenvalue weighted by Gasteiger charge is 2.17. The molecule has 2 aromatic rings. The number of rotatable bonds is 3. The fraction of sp³-hybridized carbons (Fsp3) is 0.417. The van der Waals surface area contributed by atoms with Gasteiger partial charge in [0.2, 0.25) is 0 Å². The van der Waals surface area contributed by atoms with E-state index in [1.807, 2.05) is 18.2 Å². The van der Waals surface area contributed by atoms with Crippen molar-refractivity contribution < 1.29 is 4.42 Å². The first-order valence-corrected chi connectivity index (χ1v) is 5.72. The van der Waals surface area contributed by atoms with Gasteiger partial charge in [-0.3, -0.25) is 0 Å². The van der Waals surface area contributed by atoms with Gasteiger partial charge in [-0.05, 0) is 30.9 Å². The van der Waals surface area contributed by atoms with Gasteiger partial charge in [0.25, 0.3) is 6.01 Å². The first kappa shape index (κ1) is 9.51. The molecule has 3 N–H and O–H groups in total. The SMILES string of the molecule is Nc1cccc2oc(NCC3CCC3)nc12. The lowest BCUT2D eigenvalue weighted by Gasteiger charge is -2.24. The van der Waals surface area contributed by atoms with E-state index in [1.54, 1.807) is 0 Å². The van der Waals surface area contributed by atoms with E-state index in [9.17, 15) is 0 Å². The lowest BCUT2D eigenvalue weighted by Crippen LogP contribution is -2.20. The van der Waals surface area contributed by atoms with Gasteiger partial charge in [-0.1, -0.05) is 12.5 Å². The van der Waals surface area contributed by atoms with Crippen molar-refractivity contribution in [1.82, 2.24) is 4.98 Å². The summed E-state index contributed by atoms with van der Waals surface area (Å²) in [6, 6.07) is 6.17. The second kappa shape index (κ2) is 3.70. The molecule has 1 aliphatic rings. The number of para-hydroxylation sites is 1. The maximum atomic E-state index is 5.81. The Morgan fingerprint density at radius 1 is 1.44 bits per heavy atom. The van der Waals surface area contributed by atoms with Crippen molar-refractivity contribution >= 4 is 22.8 Å². The Balaban J connectivity index is 1.79. The first-order chi connectivity index (χ1) is 7.83. The molecule has 0 unspecified atom stereocenters. The maximum absolute atomic E-state index is 5.81. The largest absolute Gasteiger partial charge is 0.423 e. The Labute approximate surface area is 93.8 Å². The van der Waals surface area contributed by atoms with Gasteiger partial charge in [0.1, 0.15) is 5.52 Å². The second-order valence-corrected chi connectivity index (χ2v) is 4.39. The molecule has 0 atom stereocenters. The van der Waals surface area contributed by atoms with E-state index in [0.29, 0.717) is 11.7 Å². The van der Waals surface area contributed by atoms with Crippen molar-refractivity contribution in [1.29, 1.82) is 0 Å². The highest BCUT2D eigenvalue weighted by molar-refractivity contribution is 5.86. The Bertz CT molecular complexity index is 502. The summed E-state index contributed by atoms with van der Waals surface area (Å²) in [5.41, 5.74) is 7.97. The monoisotopic (exact) mass is 217 g/mol. The average Bonchev–Trinajstić information content (AvgIpc) is 2.60. The van der Waals surface area contributed by atoms with Crippen LogP contribution in [0, 0.1) is 5.92 Å². The Kier molecular flexibility index (Phi) is 2.20. The third kappa shape index (κ3) is 1.60. The van der Waals surface area contributed by atoms with E-state index in [4.69, 9.17) is 10.2 Å². The fourth-order valence-corrected chi connectivity index (χ4v) is 1.97. The zero-order valence-corrected chi connectivity index (χ0v) is 9.07. The molecule has 0 amide bonds. The van der Waals surface area contributed by atoms with Crippen LogP contribution in [0.3, 0.4) is 0 Å². The normalized spacial score (nSPS) is 16.2. The zero-order valence-electron chi connectivity index (χ0n) is 9.07. The Morgan fingerprint density at radius 3 is 3.00 bits per heavy atom. The standard InChI is InChI=1S/C12H15N3O/c13-9-5-2-6-10-11(9)15-12(16-10)14-7-8-3-1-4-8/h2,5-6,8H,1,3-4,7,13H2,(H,14,15). The molecular formula is C12H15N3O. The van der Waals surface area contributed by atoms with Crippen LogP contribution in [-0.4, -0.2) is 11.5 Å². The van der Waals surface area contributed by atoms with Crippen molar-refractivity contribution in [2.24, 2.45) is 5.92 Å². The summed E-state index contributed by atoms with van der Waals surface area (Å²) in [4.78, 5) is 4.34. The van der Waals surface area contributed by atoms with E-state index < -0.39 is 0 Å². The second-order valence-electron chi connectivity index (χ2n) is 4.39. The predicted octanol–water partition coefficient (Wildman–Crippen LogP) is 2.62. The molecule has 1 aliphatic carbocycles. The van der Waals surface area contributed by atoms with Crippen LogP contribution in [0.1, 0.15) is 19.3 Å². The number of fused-ring (bicyclic) bond motifs is 1. The third-order valence-electron chi connectivity index (χ3n) is 3.22. The van der Waals surface area contributed by atoms with Crippen LogP contribution in [0.2, 0.25) is 0 Å². The first-order valence-electron chi connectivity index (χ1n) is 5.72. The molecule has 0 bridgehead atoms. The van der Waals surface area contributed by atoms with Crippen LogP contribution < -0.4 is 11.1 Å². The summed E-state index contributed by atoms with van der Waals surface area (Å²) in [5, 5.41) is 3.23. The summed E-state index contributed by atoms with van der Waals surface area (Å²) in [6.07, 6.45) is 3.98. The van der Waals surface area contributed by atoms with E-state index in [0.717, 1.165) is 23.6 Å². The minimum absolute atomic E-state index is 0.583. The lowest BCUT2D eigenvalue weighted by molar-refractivity contribution is 0.331. The number of oxazole rings is 1. The minimum atomic E-state index is 0.583. The fourth-order valence-electron chi connectivity index (χ4n) is 1.97. The van der Waals surface area contributed by atoms with Gasteiger partial charge in [0.15, 0.2) is 5.58 Å². The van der Waals surface area contributed by atoms with Crippen LogP contribution in [-0.2, 0) is 0 Å². The summed E-state index contributed by atoms with van der Waals surface area (Å²) >= 11 is 0. The van der Waals surface area contributed by atoms with Gasteiger partial charge >= 0.3 is 0 Å². The van der Waals surface area contributed by atoms with Crippen LogP contribution in [0.5, 0.6) is 0 Å². The molecule has 0 spiro atoms. The minimum Gasteiger partial charge on any atom is -0.423 e. The summed E-state index contributed by atoms with van der Waals surface area (Å²) in [6.45, 7) is 0.951. The van der Waals surface area contributed by atoms with Crippen molar-refractivity contribution in [3.05, 3.63) is 18.2 Å². The number of aromatic nitrogens is 1. The molecule has 1 saturated carbocycles. The molecule has 0 radical (unpaired) electrons. The molecule has 3 rings (SSSR count). The highest BCUT2D eigenvalue weighted by Crippen LogP contribution is 2.28. The van der Waals surface area contributed by atoms with Crippen LogP contribution in [0.15, 0.2) is 22.6 Å². The van der Waals surface area contributed by atoms with E-state index in [2.05, 4.69) is 10.3 Å². The van der Waals surface area contributed by atoms with Crippen molar-refractivity contribution in [3.63, 3.8) is 0 Å². The quantitative estimate of drug-likeness (QED) is 0.776. The topological polar surface area (TPSA) is 64.1 Å². The smallest absolute Gasteiger partial charge is 0.295 e. The van der Waals surface area contributed by atoms with Gasteiger partial charge in [0, 0.05) is 6.54 Å². The molecule has 1 aromatic heterocycles. The summed E-state index contributed by atoms with van der Waals surface area (Å²) in [5.74, 6) is 0.785. The van der Waals surface area contributed by atoms with E-state index >= 15 is 0 Å². The predicted molar refractivity (Wildman–Crippen MR) is 64.3 cm³/mol. The van der Waals surface area contributed by atoms with E-state index in [-0.39, 0.29) is 0 Å². The van der Waals surface area contributed by atoms with Crippen LogP contribution in [0.4, 0.5) is 11.7 Å². The number of nitrogens with two attached hydrogens (primary N) is 1. The van der Waals surface area contributed by atoms with Gasteiger partial charge in [-0.25, -0.2) is 0 Å². The molecule has 4 nitrogen and oxygen atoms in total. The number of nitrogen functional groups attached to an aromatic ring is 1. The van der Waals surface area contributed by atoms with Gasteiger partial charge in [-0.15, -0.1) is 0 Å². The molecule has 84 valence electrons. The number of hydrogen-bond acceptors (Lipinski definition) is 4. The molecule has 0 aliphatic heterocycles. The van der Waals surface area contributed by atoms with Gasteiger partial charge in [-0.2, -0.15) is 4.98 Å². The Hall–Kier alpha value is -1.71.